The van der Waals surface area contributed by atoms with Gasteiger partial charge in [-0.05, 0) is 30.5 Å². The van der Waals surface area contributed by atoms with Gasteiger partial charge in [-0.2, -0.15) is 0 Å². The van der Waals surface area contributed by atoms with Gasteiger partial charge in [0, 0.05) is 64.8 Å². The van der Waals surface area contributed by atoms with Crippen molar-refractivity contribution in [2.45, 2.75) is 19.9 Å². The third-order valence-corrected chi connectivity index (χ3v) is 5.65. The van der Waals surface area contributed by atoms with Gasteiger partial charge in [-0.3, -0.25) is 9.89 Å². The molecule has 1 fully saturated rings. The van der Waals surface area contributed by atoms with Crippen LogP contribution >= 0.6 is 0 Å². The van der Waals surface area contributed by atoms with Crippen molar-refractivity contribution in [3.05, 3.63) is 53.9 Å². The molecule has 154 valence electrons. The molecular weight excluding hydrogens is 362 g/mol. The summed E-state index contributed by atoms with van der Waals surface area (Å²) in [6.45, 7) is 10.8. The molecule has 29 heavy (non-hydrogen) atoms. The normalized spacial score (nSPS) is 17.9. The van der Waals surface area contributed by atoms with Gasteiger partial charge >= 0.3 is 0 Å². The van der Waals surface area contributed by atoms with E-state index in [1.807, 2.05) is 18.5 Å². The number of guanidine groups is 1. The van der Waals surface area contributed by atoms with Crippen LogP contribution in [-0.2, 0) is 13.0 Å². The SMILES string of the molecule is CCNC(=NCCN1CCN(c2ncccn2)CC1)N1CCc2ccccc2C1. The predicted molar refractivity (Wildman–Crippen MR) is 117 cm³/mol. The van der Waals surface area contributed by atoms with Gasteiger partial charge in [-0.25, -0.2) is 9.97 Å². The summed E-state index contributed by atoms with van der Waals surface area (Å²) in [5.74, 6) is 1.88. The first-order chi connectivity index (χ1) is 14.3. The molecule has 1 N–H and O–H groups in total. The summed E-state index contributed by atoms with van der Waals surface area (Å²) in [6, 6.07) is 10.6. The highest BCUT2D eigenvalue weighted by Crippen LogP contribution is 2.18. The topological polar surface area (TPSA) is 59.9 Å². The third kappa shape index (κ3) is 5.03. The van der Waals surface area contributed by atoms with E-state index in [9.17, 15) is 0 Å². The van der Waals surface area contributed by atoms with Crippen molar-refractivity contribution in [2.24, 2.45) is 4.99 Å². The molecule has 0 radical (unpaired) electrons. The Kier molecular flexibility index (Phi) is 6.56. The van der Waals surface area contributed by atoms with Crippen molar-refractivity contribution < 1.29 is 0 Å². The van der Waals surface area contributed by atoms with Crippen LogP contribution < -0.4 is 10.2 Å². The van der Waals surface area contributed by atoms with Gasteiger partial charge in [-0.1, -0.05) is 24.3 Å². The average Bonchev–Trinajstić information content (AvgIpc) is 2.79. The van der Waals surface area contributed by atoms with Crippen molar-refractivity contribution in [3.8, 4) is 0 Å². The van der Waals surface area contributed by atoms with E-state index in [-0.39, 0.29) is 0 Å². The first-order valence-electron chi connectivity index (χ1n) is 10.7. The maximum Gasteiger partial charge on any atom is 0.225 e. The number of aromatic nitrogens is 2. The molecule has 2 aliphatic rings. The Morgan fingerprint density at radius 1 is 1.00 bits per heavy atom. The van der Waals surface area contributed by atoms with Gasteiger partial charge in [0.05, 0.1) is 6.54 Å². The summed E-state index contributed by atoms with van der Waals surface area (Å²) < 4.78 is 0. The van der Waals surface area contributed by atoms with E-state index in [1.54, 1.807) is 0 Å². The predicted octanol–water partition coefficient (Wildman–Crippen LogP) is 1.62. The Morgan fingerprint density at radius 3 is 2.52 bits per heavy atom. The first-order valence-corrected chi connectivity index (χ1v) is 10.7. The molecule has 0 spiro atoms. The molecule has 1 saturated heterocycles. The number of nitrogens with zero attached hydrogens (tertiary/aromatic N) is 6. The lowest BCUT2D eigenvalue weighted by molar-refractivity contribution is 0.263. The van der Waals surface area contributed by atoms with E-state index >= 15 is 0 Å². The zero-order valence-corrected chi connectivity index (χ0v) is 17.3. The number of hydrogen-bond donors (Lipinski definition) is 1. The van der Waals surface area contributed by atoms with Gasteiger partial charge in [0.2, 0.25) is 5.95 Å². The van der Waals surface area contributed by atoms with Crippen LogP contribution in [-0.4, -0.2) is 78.1 Å². The number of benzene rings is 1. The molecule has 0 amide bonds. The lowest BCUT2D eigenvalue weighted by Gasteiger charge is -2.34. The minimum Gasteiger partial charge on any atom is -0.357 e. The van der Waals surface area contributed by atoms with E-state index in [1.165, 1.54) is 11.1 Å². The highest BCUT2D eigenvalue weighted by atomic mass is 15.3. The molecule has 0 saturated carbocycles. The molecule has 0 unspecified atom stereocenters. The summed E-state index contributed by atoms with van der Waals surface area (Å²) in [6.07, 6.45) is 4.71. The zero-order chi connectivity index (χ0) is 19.9. The number of piperazine rings is 1. The molecule has 3 heterocycles. The second kappa shape index (κ2) is 9.69. The maximum absolute atomic E-state index is 4.93. The Bertz CT molecular complexity index is 800. The van der Waals surface area contributed by atoms with E-state index in [4.69, 9.17) is 4.99 Å². The number of anilines is 1. The van der Waals surface area contributed by atoms with Gasteiger partial charge < -0.3 is 15.1 Å². The Morgan fingerprint density at radius 2 is 1.76 bits per heavy atom. The van der Waals surface area contributed by atoms with Crippen molar-refractivity contribution in [3.63, 3.8) is 0 Å². The van der Waals surface area contributed by atoms with Crippen LogP contribution in [0.5, 0.6) is 0 Å². The van der Waals surface area contributed by atoms with Gasteiger partial charge in [0.25, 0.3) is 0 Å². The number of aliphatic imine (C=N–C) groups is 1. The van der Waals surface area contributed by atoms with Crippen LogP contribution in [0.4, 0.5) is 5.95 Å². The quantitative estimate of drug-likeness (QED) is 0.615. The number of nitrogens with one attached hydrogen (secondary N) is 1. The number of rotatable bonds is 5. The molecule has 0 aliphatic carbocycles. The van der Waals surface area contributed by atoms with Crippen LogP contribution in [0, 0.1) is 0 Å². The molecule has 4 rings (SSSR count). The van der Waals surface area contributed by atoms with Crippen LogP contribution in [0.25, 0.3) is 0 Å². The summed E-state index contributed by atoms with van der Waals surface area (Å²) >= 11 is 0. The Labute approximate surface area is 173 Å². The summed E-state index contributed by atoms with van der Waals surface area (Å²) in [7, 11) is 0. The van der Waals surface area contributed by atoms with Crippen LogP contribution in [0.2, 0.25) is 0 Å². The van der Waals surface area contributed by atoms with Crippen LogP contribution in [0.15, 0.2) is 47.7 Å². The molecule has 2 aromatic rings. The monoisotopic (exact) mass is 393 g/mol. The average molecular weight is 394 g/mol. The highest BCUT2D eigenvalue weighted by molar-refractivity contribution is 5.80. The van der Waals surface area contributed by atoms with Crippen molar-refractivity contribution in [1.82, 2.24) is 25.1 Å². The minimum absolute atomic E-state index is 0.822. The second-order valence-electron chi connectivity index (χ2n) is 7.55. The molecule has 0 atom stereocenters. The number of hydrogen-bond acceptors (Lipinski definition) is 5. The van der Waals surface area contributed by atoms with E-state index in [2.05, 4.69) is 61.2 Å². The Balaban J connectivity index is 1.28. The van der Waals surface area contributed by atoms with Crippen molar-refractivity contribution in [2.75, 3.05) is 57.3 Å². The van der Waals surface area contributed by atoms with Gasteiger partial charge in [0.1, 0.15) is 0 Å². The summed E-state index contributed by atoms with van der Waals surface area (Å²) in [5, 5.41) is 3.48. The molecule has 1 aromatic carbocycles. The maximum atomic E-state index is 4.93. The van der Waals surface area contributed by atoms with E-state index < -0.39 is 0 Å². The van der Waals surface area contributed by atoms with E-state index in [0.717, 1.165) is 77.2 Å². The molecule has 2 aliphatic heterocycles. The van der Waals surface area contributed by atoms with Gasteiger partial charge in [0.15, 0.2) is 5.96 Å². The smallest absolute Gasteiger partial charge is 0.225 e. The Hall–Kier alpha value is -2.67. The van der Waals surface area contributed by atoms with Crippen molar-refractivity contribution >= 4 is 11.9 Å². The lowest BCUT2D eigenvalue weighted by atomic mass is 10.0. The minimum atomic E-state index is 0.822. The highest BCUT2D eigenvalue weighted by Gasteiger charge is 2.20. The summed E-state index contributed by atoms with van der Waals surface area (Å²) in [5.41, 5.74) is 2.89. The molecule has 0 bridgehead atoms. The standard InChI is InChI=1S/C22H31N7/c1-2-23-21(29-12-8-19-6-3-4-7-20(19)18-29)26-11-13-27-14-16-28(17-15-27)22-24-9-5-10-25-22/h3-7,9-10H,2,8,11-18H2,1H3,(H,23,26). The fraction of sp³-hybridized carbons (Fsp3) is 0.500. The fourth-order valence-electron chi connectivity index (χ4n) is 4.03. The fourth-order valence-corrected chi connectivity index (χ4v) is 4.03. The molecular formula is C22H31N7. The van der Waals surface area contributed by atoms with Gasteiger partial charge in [-0.15, -0.1) is 0 Å². The molecule has 7 heteroatoms. The zero-order valence-electron chi connectivity index (χ0n) is 17.3. The largest absolute Gasteiger partial charge is 0.357 e. The van der Waals surface area contributed by atoms with Crippen LogP contribution in [0.3, 0.4) is 0 Å². The third-order valence-electron chi connectivity index (χ3n) is 5.65. The lowest BCUT2D eigenvalue weighted by Crippen LogP contribution is -2.48. The number of fused-ring (bicyclic) bond motifs is 1. The first kappa shape index (κ1) is 19.6. The van der Waals surface area contributed by atoms with E-state index in [0.29, 0.717) is 0 Å². The molecule has 1 aromatic heterocycles. The van der Waals surface area contributed by atoms with Crippen molar-refractivity contribution in [1.29, 1.82) is 0 Å². The van der Waals surface area contributed by atoms with Crippen LogP contribution in [0.1, 0.15) is 18.1 Å². The molecule has 7 nitrogen and oxygen atoms in total. The summed E-state index contributed by atoms with van der Waals surface area (Å²) in [4.78, 5) is 20.8. The second-order valence-corrected chi connectivity index (χ2v) is 7.55.